The first-order chi connectivity index (χ1) is 9.27. The van der Waals surface area contributed by atoms with E-state index in [0.29, 0.717) is 29.8 Å². The van der Waals surface area contributed by atoms with Gasteiger partial charge in [-0.1, -0.05) is 6.07 Å². The highest BCUT2D eigenvalue weighted by Crippen LogP contribution is 2.23. The molecule has 4 heteroatoms. The number of carbonyl (C=O) groups is 2. The van der Waals surface area contributed by atoms with Crippen LogP contribution in [0.1, 0.15) is 46.9 Å². The smallest absolute Gasteiger partial charge is 0.254 e. The van der Waals surface area contributed by atoms with Crippen LogP contribution in [-0.2, 0) is 0 Å². The van der Waals surface area contributed by atoms with Crippen LogP contribution >= 0.6 is 0 Å². The monoisotopic (exact) mass is 261 g/mol. The van der Waals surface area contributed by atoms with Crippen molar-refractivity contribution in [3.05, 3.63) is 29.3 Å². The molecule has 19 heavy (non-hydrogen) atoms. The van der Waals surface area contributed by atoms with Crippen LogP contribution in [-0.4, -0.2) is 36.8 Å². The van der Waals surface area contributed by atoms with Crippen molar-refractivity contribution in [3.63, 3.8) is 0 Å². The molecule has 1 aliphatic rings. The number of ether oxygens (including phenoxy) is 1. The van der Waals surface area contributed by atoms with E-state index in [4.69, 9.17) is 4.74 Å². The van der Waals surface area contributed by atoms with Gasteiger partial charge >= 0.3 is 0 Å². The van der Waals surface area contributed by atoms with Crippen molar-refractivity contribution in [2.75, 3.05) is 19.7 Å². The summed E-state index contributed by atoms with van der Waals surface area (Å²) in [5, 5.41) is 0. The molecular weight excluding hydrogens is 242 g/mol. The number of hydrogen-bond donors (Lipinski definition) is 0. The molecule has 2 rings (SSSR count). The Morgan fingerprint density at radius 2 is 2.05 bits per heavy atom. The Hall–Kier alpha value is -1.84. The minimum atomic E-state index is -0.0663. The predicted molar refractivity (Wildman–Crippen MR) is 72.8 cm³/mol. The normalized spacial score (nSPS) is 15.1. The van der Waals surface area contributed by atoms with Crippen molar-refractivity contribution in [1.82, 2.24) is 4.90 Å². The predicted octanol–water partition coefficient (Wildman–Crippen LogP) is 2.52. The van der Waals surface area contributed by atoms with Gasteiger partial charge < -0.3 is 9.64 Å². The Labute approximate surface area is 113 Å². The maximum atomic E-state index is 12.4. The van der Waals surface area contributed by atoms with Gasteiger partial charge in [0.05, 0.1) is 17.7 Å². The number of likely N-dealkylation sites (tertiary alicyclic amines) is 1. The van der Waals surface area contributed by atoms with Crippen LogP contribution in [0.15, 0.2) is 18.2 Å². The maximum absolute atomic E-state index is 12.4. The quantitative estimate of drug-likeness (QED) is 0.782. The van der Waals surface area contributed by atoms with Gasteiger partial charge in [-0.2, -0.15) is 0 Å². The highest BCUT2D eigenvalue weighted by molar-refractivity contribution is 6.02. The molecule has 0 unspecified atom stereocenters. The van der Waals surface area contributed by atoms with E-state index in [9.17, 15) is 9.59 Å². The topological polar surface area (TPSA) is 46.6 Å². The van der Waals surface area contributed by atoms with E-state index >= 15 is 0 Å². The van der Waals surface area contributed by atoms with Gasteiger partial charge in [-0.15, -0.1) is 0 Å². The number of carbonyl (C=O) groups excluding carboxylic acids is 2. The Bertz CT molecular complexity index is 464. The van der Waals surface area contributed by atoms with E-state index in [0.717, 1.165) is 25.9 Å². The Balaban J connectivity index is 2.29. The summed E-state index contributed by atoms with van der Waals surface area (Å²) in [6.07, 6.45) is 3.95. The fourth-order valence-corrected chi connectivity index (χ4v) is 2.40. The standard InChI is InChI=1S/C15H19NO3/c1-2-19-14-8-6-7-12(13(14)11-17)15(18)16-9-4-3-5-10-16/h6-8,11H,2-5,9-10H2,1H3. The molecule has 0 spiro atoms. The molecule has 0 saturated carbocycles. The Morgan fingerprint density at radius 1 is 1.32 bits per heavy atom. The summed E-state index contributed by atoms with van der Waals surface area (Å²) in [7, 11) is 0. The van der Waals surface area contributed by atoms with E-state index in [1.807, 2.05) is 11.8 Å². The van der Waals surface area contributed by atoms with Crippen molar-refractivity contribution in [1.29, 1.82) is 0 Å². The maximum Gasteiger partial charge on any atom is 0.254 e. The minimum absolute atomic E-state index is 0.0663. The SMILES string of the molecule is CCOc1cccc(C(=O)N2CCCCC2)c1C=O. The largest absolute Gasteiger partial charge is 0.493 e. The average Bonchev–Trinajstić information content (AvgIpc) is 2.47. The van der Waals surface area contributed by atoms with Crippen molar-refractivity contribution < 1.29 is 14.3 Å². The zero-order chi connectivity index (χ0) is 13.7. The summed E-state index contributed by atoms with van der Waals surface area (Å²) >= 11 is 0. The first kappa shape index (κ1) is 13.6. The summed E-state index contributed by atoms with van der Waals surface area (Å²) < 4.78 is 5.40. The van der Waals surface area contributed by atoms with Crippen molar-refractivity contribution in [2.45, 2.75) is 26.2 Å². The molecule has 4 nitrogen and oxygen atoms in total. The van der Waals surface area contributed by atoms with Gasteiger partial charge in [-0.3, -0.25) is 9.59 Å². The molecule has 1 fully saturated rings. The summed E-state index contributed by atoms with van der Waals surface area (Å²) in [5.41, 5.74) is 0.808. The zero-order valence-corrected chi connectivity index (χ0v) is 11.2. The molecule has 0 N–H and O–H groups in total. The summed E-state index contributed by atoms with van der Waals surface area (Å²) in [6.45, 7) is 3.88. The number of aldehydes is 1. The lowest BCUT2D eigenvalue weighted by Crippen LogP contribution is -2.36. The summed E-state index contributed by atoms with van der Waals surface area (Å²) in [6, 6.07) is 5.18. The Morgan fingerprint density at radius 3 is 2.68 bits per heavy atom. The molecule has 0 bridgehead atoms. The van der Waals surface area contributed by atoms with Crippen LogP contribution in [0, 0.1) is 0 Å². The van der Waals surface area contributed by atoms with Gasteiger partial charge in [0, 0.05) is 13.1 Å². The molecule has 0 aromatic heterocycles. The molecule has 1 aromatic carbocycles. The van der Waals surface area contributed by atoms with Gasteiger partial charge in [0.15, 0.2) is 6.29 Å². The van der Waals surface area contributed by atoms with Crippen molar-refractivity contribution in [2.24, 2.45) is 0 Å². The van der Waals surface area contributed by atoms with E-state index in [2.05, 4.69) is 0 Å². The molecule has 102 valence electrons. The average molecular weight is 261 g/mol. The number of hydrogen-bond acceptors (Lipinski definition) is 3. The van der Waals surface area contributed by atoms with Gasteiger partial charge in [0.1, 0.15) is 5.75 Å². The first-order valence-electron chi connectivity index (χ1n) is 6.78. The van der Waals surface area contributed by atoms with Crippen LogP contribution in [0.4, 0.5) is 0 Å². The van der Waals surface area contributed by atoms with Gasteiger partial charge in [-0.25, -0.2) is 0 Å². The lowest BCUT2D eigenvalue weighted by molar-refractivity contribution is 0.0721. The van der Waals surface area contributed by atoms with Gasteiger partial charge in [-0.05, 0) is 38.3 Å². The van der Waals surface area contributed by atoms with Crippen molar-refractivity contribution >= 4 is 12.2 Å². The molecule has 0 atom stereocenters. The number of nitrogens with zero attached hydrogens (tertiary/aromatic N) is 1. The molecule has 1 aliphatic heterocycles. The number of piperidine rings is 1. The highest BCUT2D eigenvalue weighted by Gasteiger charge is 2.22. The second-order valence-corrected chi connectivity index (χ2v) is 4.62. The molecule has 1 amide bonds. The third-order valence-electron chi connectivity index (χ3n) is 3.36. The fraction of sp³-hybridized carbons (Fsp3) is 0.467. The number of amides is 1. The number of benzene rings is 1. The van der Waals surface area contributed by atoms with E-state index in [-0.39, 0.29) is 5.91 Å². The molecule has 1 aromatic rings. The van der Waals surface area contributed by atoms with Crippen LogP contribution in [0.5, 0.6) is 5.75 Å². The summed E-state index contributed by atoms with van der Waals surface area (Å²) in [5.74, 6) is 0.420. The van der Waals surface area contributed by atoms with Crippen LogP contribution in [0.3, 0.4) is 0 Å². The zero-order valence-electron chi connectivity index (χ0n) is 11.2. The molecular formula is C15H19NO3. The lowest BCUT2D eigenvalue weighted by atomic mass is 10.0. The van der Waals surface area contributed by atoms with E-state index in [1.165, 1.54) is 6.42 Å². The minimum Gasteiger partial charge on any atom is -0.493 e. The van der Waals surface area contributed by atoms with E-state index < -0.39 is 0 Å². The van der Waals surface area contributed by atoms with Gasteiger partial charge in [0.2, 0.25) is 0 Å². The molecule has 1 heterocycles. The Kier molecular flexibility index (Phi) is 4.55. The third-order valence-corrected chi connectivity index (χ3v) is 3.36. The van der Waals surface area contributed by atoms with Crippen LogP contribution < -0.4 is 4.74 Å². The number of rotatable bonds is 4. The third kappa shape index (κ3) is 2.95. The lowest BCUT2D eigenvalue weighted by Gasteiger charge is -2.27. The first-order valence-corrected chi connectivity index (χ1v) is 6.78. The van der Waals surface area contributed by atoms with Crippen molar-refractivity contribution in [3.8, 4) is 5.75 Å². The second kappa shape index (κ2) is 6.36. The van der Waals surface area contributed by atoms with Crippen LogP contribution in [0.25, 0.3) is 0 Å². The van der Waals surface area contributed by atoms with Gasteiger partial charge in [0.25, 0.3) is 5.91 Å². The second-order valence-electron chi connectivity index (χ2n) is 4.62. The molecule has 0 aliphatic carbocycles. The molecule has 0 radical (unpaired) electrons. The van der Waals surface area contributed by atoms with Crippen LogP contribution in [0.2, 0.25) is 0 Å². The fourth-order valence-electron chi connectivity index (χ4n) is 2.40. The summed E-state index contributed by atoms with van der Waals surface area (Å²) in [4.78, 5) is 25.5. The van der Waals surface area contributed by atoms with E-state index in [1.54, 1.807) is 18.2 Å². The molecule has 1 saturated heterocycles. The highest BCUT2D eigenvalue weighted by atomic mass is 16.5.